The quantitative estimate of drug-likeness (QED) is 0.0568. The fourth-order valence-electron chi connectivity index (χ4n) is 2.13. The summed E-state index contributed by atoms with van der Waals surface area (Å²) >= 11 is 0. The van der Waals surface area contributed by atoms with Crippen molar-refractivity contribution >= 4 is 25.7 Å². The maximum absolute atomic E-state index is 12.0. The molecule has 0 radical (unpaired) electrons. The van der Waals surface area contributed by atoms with Gasteiger partial charge < -0.3 is 34.1 Å². The predicted octanol–water partition coefficient (Wildman–Crippen LogP) is -3.11. The van der Waals surface area contributed by atoms with E-state index in [1.54, 1.807) is 0 Å². The minimum absolute atomic E-state index is 0. The van der Waals surface area contributed by atoms with Crippen LogP contribution >= 0.6 is 7.82 Å². The number of amides is 1. The summed E-state index contributed by atoms with van der Waals surface area (Å²) in [4.78, 5) is 54.2. The molecule has 1 amide bonds. The van der Waals surface area contributed by atoms with Crippen LogP contribution in [0.1, 0.15) is 74.5 Å². The van der Waals surface area contributed by atoms with Crippen molar-refractivity contribution in [1.82, 2.24) is 0 Å². The Kier molecular flexibility index (Phi) is 35.2. The van der Waals surface area contributed by atoms with Gasteiger partial charge in [-0.2, -0.15) is 0 Å². The van der Waals surface area contributed by atoms with Gasteiger partial charge in [0.2, 0.25) is 5.91 Å². The van der Waals surface area contributed by atoms with E-state index in [0.29, 0.717) is 6.42 Å². The van der Waals surface area contributed by atoms with Crippen LogP contribution in [0.3, 0.4) is 0 Å². The zero-order valence-electron chi connectivity index (χ0n) is 23.2. The number of rotatable bonds is 13. The molecule has 13 heteroatoms. The second kappa shape index (κ2) is 31.4. The molecule has 0 unspecified atom stereocenters. The average molecular weight is 610 g/mol. The van der Waals surface area contributed by atoms with Gasteiger partial charge in [0.05, 0.1) is 14.4 Å². The molecule has 2 N–H and O–H groups in total. The van der Waals surface area contributed by atoms with Crippen LogP contribution in [0.2, 0.25) is 0 Å². The summed E-state index contributed by atoms with van der Waals surface area (Å²) < 4.78 is 24.7. The number of ether oxygens (including phenoxy) is 2. The molecule has 224 valence electrons. The fourth-order valence-corrected chi connectivity index (χ4v) is 2.48. The van der Waals surface area contributed by atoms with E-state index in [2.05, 4.69) is 76.4 Å². The smallest absolute Gasteiger partial charge is 0.790 e. The number of hydrogen-bond donors (Lipinski definition) is 1. The number of esters is 2. The number of unbranched alkanes of at least 4 members (excludes halogenated alkanes) is 5. The van der Waals surface area contributed by atoms with Gasteiger partial charge in [-0.3, -0.25) is 9.59 Å². The Labute approximate surface area is 297 Å². The Hall–Kier alpha value is -2.12. The zero-order chi connectivity index (χ0) is 29.1. The molecule has 0 aliphatic heterocycles. The van der Waals surface area contributed by atoms with Gasteiger partial charge in [0.15, 0.2) is 6.10 Å². The summed E-state index contributed by atoms with van der Waals surface area (Å²) in [5, 5.41) is 0. The minimum Gasteiger partial charge on any atom is -0.790 e. The van der Waals surface area contributed by atoms with E-state index in [1.165, 1.54) is 6.92 Å². The van der Waals surface area contributed by atoms with E-state index < -0.39 is 39.1 Å². The summed E-state index contributed by atoms with van der Waals surface area (Å²) in [5.41, 5.74) is 4.47. The Morgan fingerprint density at radius 3 is 1.85 bits per heavy atom. The maximum atomic E-state index is 12.0. The molecule has 0 saturated heterocycles. The van der Waals surface area contributed by atoms with Crippen LogP contribution in [0, 0.1) is 71.5 Å². The van der Waals surface area contributed by atoms with Gasteiger partial charge in [0.1, 0.15) is 6.61 Å². The van der Waals surface area contributed by atoms with Crippen LogP contribution in [0.4, 0.5) is 0 Å². The first kappa shape index (κ1) is 44.9. The molecule has 0 aromatic carbocycles. The van der Waals surface area contributed by atoms with Crippen LogP contribution in [0.15, 0.2) is 0 Å². The number of hydrogen-bond acceptors (Lipinski definition) is 9. The Bertz CT molecular complexity index is 1220. The number of terminal acetylenes is 1. The largest absolute Gasteiger partial charge is 1.00 e. The van der Waals surface area contributed by atoms with E-state index in [9.17, 15) is 28.7 Å². The Balaban J connectivity index is -0.0000000555. The molecule has 0 aromatic heterocycles. The molecule has 0 heterocycles. The second-order valence-electron chi connectivity index (χ2n) is 6.98. The van der Waals surface area contributed by atoms with Gasteiger partial charge in [0, 0.05) is 35.0 Å². The number of phosphoric acid groups is 1. The molecule has 0 bridgehead atoms. The molecule has 0 aliphatic carbocycles. The van der Waals surface area contributed by atoms with Crippen molar-refractivity contribution in [3.63, 3.8) is 0 Å². The van der Waals surface area contributed by atoms with Crippen molar-refractivity contribution in [2.24, 2.45) is 5.73 Å². The normalized spacial score (nSPS) is 8.97. The Morgan fingerprint density at radius 2 is 1.35 bits per heavy atom. The van der Waals surface area contributed by atoms with Crippen LogP contribution in [-0.4, -0.2) is 37.2 Å². The van der Waals surface area contributed by atoms with Gasteiger partial charge >= 0.3 is 71.1 Å². The van der Waals surface area contributed by atoms with Gasteiger partial charge in [-0.15, -0.1) is 6.42 Å². The third-order valence-electron chi connectivity index (χ3n) is 3.59. The van der Waals surface area contributed by atoms with E-state index in [1.807, 2.05) is 5.92 Å². The van der Waals surface area contributed by atoms with E-state index in [0.717, 1.165) is 32.1 Å². The standard InChI is InChI=1S/C25H25O8P.C2H5NO.2Na.11H2/c1-3-5-7-9-11-12-13-14-16-17-19-24(26)31-21-23(22-32-34(28,29)30)33-25(27)20-18-15-10-8-6-4-2;1-2(3)4;;;;;;;;;;;;;/h1,23H,4,6,8,10,15,18,20-22H2,2H3,(H2,28,29,30);1H3,(H2,3,4);;;11*1H/q;;2*+1;;;;;;;;;;;/p-2/t23-;;;;;;;;;;;;;;/m0............../s1. The molecule has 1 atom stereocenters. The molecule has 10 nitrogen and oxygen atoms in total. The molecular formula is C27H50NNa2O9P. The third kappa shape index (κ3) is 40.4. The summed E-state index contributed by atoms with van der Waals surface area (Å²) in [7, 11) is -5.30. The van der Waals surface area contributed by atoms with E-state index in [4.69, 9.17) is 15.9 Å². The zero-order valence-corrected chi connectivity index (χ0v) is 28.1. The number of primary amides is 1. The molecule has 0 aromatic rings. The van der Waals surface area contributed by atoms with E-state index in [-0.39, 0.29) is 87.1 Å². The number of carbonyl (C=O) groups excluding carboxylic acids is 3. The van der Waals surface area contributed by atoms with Crippen molar-refractivity contribution in [3.8, 4) is 71.5 Å². The van der Waals surface area contributed by atoms with Gasteiger partial charge in [-0.25, -0.2) is 4.79 Å². The summed E-state index contributed by atoms with van der Waals surface area (Å²) in [6.45, 7) is 2.06. The molecule has 0 saturated carbocycles. The SMILES string of the molecule is C#CC#CC#CC#CC#CC#CC(=O)OC[C@@H](COP(=O)([O-])[O-])OC(=O)CCCCCCCC.CC(N)=O.[HH].[HH].[HH].[HH].[HH].[HH].[HH].[HH].[HH].[HH].[HH].[Na+].[Na+]. The summed E-state index contributed by atoms with van der Waals surface area (Å²) in [6, 6.07) is 0. The molecule has 0 aliphatic rings. The van der Waals surface area contributed by atoms with Crippen molar-refractivity contribution in [1.29, 1.82) is 0 Å². The van der Waals surface area contributed by atoms with Crippen molar-refractivity contribution < 1.29 is 118 Å². The summed E-state index contributed by atoms with van der Waals surface area (Å²) in [6.07, 6.45) is 9.45. The third-order valence-corrected chi connectivity index (χ3v) is 4.05. The Morgan fingerprint density at radius 1 is 0.875 bits per heavy atom. The first-order chi connectivity index (χ1) is 18.0. The number of phosphoric ester groups is 1. The predicted molar refractivity (Wildman–Crippen MR) is 158 cm³/mol. The van der Waals surface area contributed by atoms with Crippen LogP contribution in [0.25, 0.3) is 0 Å². The van der Waals surface area contributed by atoms with Crippen LogP contribution < -0.4 is 74.6 Å². The van der Waals surface area contributed by atoms with Crippen LogP contribution in [0.5, 0.6) is 0 Å². The number of nitrogens with two attached hydrogens (primary N) is 1. The molecule has 40 heavy (non-hydrogen) atoms. The first-order valence-corrected chi connectivity index (χ1v) is 12.7. The van der Waals surface area contributed by atoms with Gasteiger partial charge in [-0.1, -0.05) is 39.0 Å². The van der Waals surface area contributed by atoms with E-state index >= 15 is 0 Å². The molecular weight excluding hydrogens is 559 g/mol. The first-order valence-electron chi connectivity index (χ1n) is 11.3. The van der Waals surface area contributed by atoms with Gasteiger partial charge in [0.25, 0.3) is 0 Å². The molecule has 0 spiro atoms. The fraction of sp³-hybridized carbons (Fsp3) is 0.444. The van der Waals surface area contributed by atoms with Gasteiger partial charge in [-0.05, 0) is 65.6 Å². The average Bonchev–Trinajstić information content (AvgIpc) is 2.83. The van der Waals surface area contributed by atoms with Crippen LogP contribution in [-0.2, 0) is 32.9 Å². The maximum Gasteiger partial charge on any atom is 1.00 e. The molecule has 0 rings (SSSR count). The minimum atomic E-state index is -5.30. The summed E-state index contributed by atoms with van der Waals surface area (Å²) in [5.74, 6) is 23.0. The van der Waals surface area contributed by atoms with Crippen molar-refractivity contribution in [3.05, 3.63) is 0 Å². The van der Waals surface area contributed by atoms with Crippen molar-refractivity contribution in [2.45, 2.75) is 64.9 Å². The van der Waals surface area contributed by atoms with Crippen molar-refractivity contribution in [2.75, 3.05) is 13.2 Å². The topological polar surface area (TPSA) is 168 Å². The monoisotopic (exact) mass is 609 g/mol. The second-order valence-corrected chi connectivity index (χ2v) is 8.13. The number of carbonyl (C=O) groups is 3. The molecule has 0 fully saturated rings.